The van der Waals surface area contributed by atoms with Crippen molar-refractivity contribution in [1.29, 1.82) is 0 Å². The molecule has 9 heteroatoms. The summed E-state index contributed by atoms with van der Waals surface area (Å²) in [5.74, 6) is -1.54. The monoisotopic (exact) mass is 372 g/mol. The van der Waals surface area contributed by atoms with E-state index in [0.717, 1.165) is 0 Å². The van der Waals surface area contributed by atoms with Crippen LogP contribution in [0.2, 0.25) is 5.02 Å². The summed E-state index contributed by atoms with van der Waals surface area (Å²) in [5.41, 5.74) is 2.01. The highest BCUT2D eigenvalue weighted by Gasteiger charge is 2.21. The second-order valence-electron chi connectivity index (χ2n) is 4.72. The Morgan fingerprint density at radius 3 is 2.46 bits per heavy atom. The van der Waals surface area contributed by atoms with Crippen LogP contribution in [-0.4, -0.2) is 20.4 Å². The fourth-order valence-electron chi connectivity index (χ4n) is 1.72. The maximum atomic E-state index is 13.5. The van der Waals surface area contributed by atoms with Crippen molar-refractivity contribution in [3.8, 4) is 5.75 Å². The van der Waals surface area contributed by atoms with Crippen LogP contribution in [0.5, 0.6) is 5.75 Å². The number of nitrogens with one attached hydrogen (secondary N) is 2. The number of hydrogen-bond donors (Lipinski definition) is 2. The first-order chi connectivity index (χ1) is 11.3. The van der Waals surface area contributed by atoms with Crippen LogP contribution in [0, 0.1) is 5.82 Å². The van der Waals surface area contributed by atoms with Gasteiger partial charge in [-0.15, -0.1) is 4.83 Å². The van der Waals surface area contributed by atoms with Gasteiger partial charge in [-0.3, -0.25) is 10.2 Å². The van der Waals surface area contributed by atoms with Crippen LogP contribution in [0.4, 0.5) is 4.39 Å². The number of hydrazine groups is 1. The van der Waals surface area contributed by atoms with Gasteiger partial charge < -0.3 is 4.74 Å². The highest BCUT2D eigenvalue weighted by molar-refractivity contribution is 7.89. The van der Waals surface area contributed by atoms with Crippen LogP contribution in [0.25, 0.3) is 0 Å². The van der Waals surface area contributed by atoms with Gasteiger partial charge in [-0.2, -0.15) is 0 Å². The van der Waals surface area contributed by atoms with Gasteiger partial charge in [0.15, 0.2) is 17.7 Å². The van der Waals surface area contributed by atoms with Crippen molar-refractivity contribution in [2.45, 2.75) is 17.9 Å². The highest BCUT2D eigenvalue weighted by Crippen LogP contribution is 2.20. The fourth-order valence-corrected chi connectivity index (χ4v) is 3.09. The summed E-state index contributed by atoms with van der Waals surface area (Å²) < 4.78 is 42.8. The molecule has 0 radical (unpaired) electrons. The van der Waals surface area contributed by atoms with Crippen molar-refractivity contribution in [2.75, 3.05) is 0 Å². The molecule has 2 aromatic rings. The van der Waals surface area contributed by atoms with E-state index in [1.165, 1.54) is 43.3 Å². The number of sulfonamides is 1. The lowest BCUT2D eigenvalue weighted by Gasteiger charge is -2.15. The predicted molar refractivity (Wildman–Crippen MR) is 86.4 cm³/mol. The van der Waals surface area contributed by atoms with Crippen molar-refractivity contribution in [3.63, 3.8) is 0 Å². The number of para-hydroxylation sites is 1. The molecule has 0 fully saturated rings. The van der Waals surface area contributed by atoms with E-state index >= 15 is 0 Å². The summed E-state index contributed by atoms with van der Waals surface area (Å²) in [6, 6.07) is 11.3. The number of carbonyl (C=O) groups is 1. The smallest absolute Gasteiger partial charge is 0.275 e. The van der Waals surface area contributed by atoms with Gasteiger partial charge in [0, 0.05) is 0 Å². The van der Waals surface area contributed by atoms with E-state index in [0.29, 0.717) is 0 Å². The molecule has 0 heterocycles. The van der Waals surface area contributed by atoms with E-state index in [4.69, 9.17) is 16.3 Å². The molecule has 0 aliphatic carbocycles. The number of hydrogen-bond acceptors (Lipinski definition) is 4. The molecule has 0 saturated heterocycles. The Kier molecular flexibility index (Phi) is 5.76. The number of rotatable bonds is 6. The zero-order valence-corrected chi connectivity index (χ0v) is 14.1. The Hall–Kier alpha value is -2.16. The van der Waals surface area contributed by atoms with E-state index in [9.17, 15) is 17.6 Å². The quantitative estimate of drug-likeness (QED) is 0.762. The number of halogens is 2. The zero-order chi connectivity index (χ0) is 17.7. The third kappa shape index (κ3) is 4.44. The fraction of sp³-hybridized carbons (Fsp3) is 0.133. The Labute approximate surface area is 143 Å². The van der Waals surface area contributed by atoms with Crippen molar-refractivity contribution >= 4 is 27.5 Å². The lowest BCUT2D eigenvalue weighted by Crippen LogP contribution is -2.47. The zero-order valence-electron chi connectivity index (χ0n) is 12.5. The van der Waals surface area contributed by atoms with E-state index in [1.807, 2.05) is 10.3 Å². The number of benzene rings is 2. The van der Waals surface area contributed by atoms with E-state index in [-0.39, 0.29) is 15.7 Å². The summed E-state index contributed by atoms with van der Waals surface area (Å²) in [5, 5.41) is 0.00917. The third-order valence-electron chi connectivity index (χ3n) is 2.94. The molecule has 0 aliphatic heterocycles. The van der Waals surface area contributed by atoms with Crippen LogP contribution >= 0.6 is 11.6 Å². The topological polar surface area (TPSA) is 84.5 Å². The van der Waals surface area contributed by atoms with Gasteiger partial charge in [-0.05, 0) is 31.2 Å². The van der Waals surface area contributed by atoms with Gasteiger partial charge >= 0.3 is 0 Å². The Balaban J connectivity index is 2.00. The first-order valence-electron chi connectivity index (χ1n) is 6.78. The van der Waals surface area contributed by atoms with Crippen molar-refractivity contribution < 1.29 is 22.3 Å². The van der Waals surface area contributed by atoms with Gasteiger partial charge in [0.2, 0.25) is 0 Å². The maximum absolute atomic E-state index is 13.5. The third-order valence-corrected chi connectivity index (χ3v) is 4.69. The van der Waals surface area contributed by atoms with Crippen molar-refractivity contribution in [1.82, 2.24) is 10.3 Å². The molecule has 0 spiro atoms. The lowest BCUT2D eigenvalue weighted by molar-refractivity contribution is -0.127. The van der Waals surface area contributed by atoms with Crippen molar-refractivity contribution in [2.24, 2.45) is 0 Å². The second kappa shape index (κ2) is 7.61. The number of carbonyl (C=O) groups excluding carboxylic acids is 1. The molecule has 0 saturated carbocycles. The number of ether oxygens (including phenoxy) is 1. The van der Waals surface area contributed by atoms with Crippen LogP contribution < -0.4 is 15.0 Å². The molecule has 0 aromatic heterocycles. The highest BCUT2D eigenvalue weighted by atomic mass is 35.5. The van der Waals surface area contributed by atoms with Crippen LogP contribution in [0.3, 0.4) is 0 Å². The second-order valence-corrected chi connectivity index (χ2v) is 6.77. The normalized spacial score (nSPS) is 12.5. The molecular weight excluding hydrogens is 359 g/mol. The molecule has 1 amide bonds. The van der Waals surface area contributed by atoms with E-state index < -0.39 is 27.9 Å². The Bertz CT molecular complexity index is 845. The molecule has 0 bridgehead atoms. The molecule has 2 aromatic carbocycles. The molecule has 2 N–H and O–H groups in total. The average molecular weight is 373 g/mol. The standard InChI is InChI=1S/C15H14ClFN2O4S/c1-10(23-13-8-4-3-7-12(13)17)15(20)18-19-24(21,22)14-9-5-2-6-11(14)16/h2-10,19H,1H3,(H,18,20)/t10-/m0/s1. The lowest BCUT2D eigenvalue weighted by atomic mass is 10.3. The first-order valence-corrected chi connectivity index (χ1v) is 8.65. The SMILES string of the molecule is C[C@H](Oc1ccccc1F)C(=O)NNS(=O)(=O)c1ccccc1Cl. The number of amides is 1. The summed E-state index contributed by atoms with van der Waals surface area (Å²) in [4.78, 5) is 13.6. The van der Waals surface area contributed by atoms with Crippen LogP contribution in [-0.2, 0) is 14.8 Å². The summed E-state index contributed by atoms with van der Waals surface area (Å²) >= 11 is 5.81. The Morgan fingerprint density at radius 1 is 1.17 bits per heavy atom. The summed E-state index contributed by atoms with van der Waals surface area (Å²) in [6.45, 7) is 1.35. The Morgan fingerprint density at radius 2 is 1.79 bits per heavy atom. The average Bonchev–Trinajstić information content (AvgIpc) is 2.55. The molecule has 0 unspecified atom stereocenters. The predicted octanol–water partition coefficient (Wildman–Crippen LogP) is 2.26. The maximum Gasteiger partial charge on any atom is 0.275 e. The minimum atomic E-state index is -4.04. The molecule has 6 nitrogen and oxygen atoms in total. The first kappa shape index (κ1) is 18.2. The summed E-state index contributed by atoms with van der Waals surface area (Å²) in [7, 11) is -4.04. The minimum Gasteiger partial charge on any atom is -0.478 e. The molecule has 1 atom stereocenters. The van der Waals surface area contributed by atoms with Gasteiger partial charge in [-0.1, -0.05) is 35.9 Å². The van der Waals surface area contributed by atoms with Gasteiger partial charge in [0.1, 0.15) is 4.90 Å². The molecule has 2 rings (SSSR count). The van der Waals surface area contributed by atoms with Gasteiger partial charge in [0.25, 0.3) is 15.9 Å². The van der Waals surface area contributed by atoms with Gasteiger partial charge in [-0.25, -0.2) is 12.8 Å². The van der Waals surface area contributed by atoms with E-state index in [1.54, 1.807) is 12.1 Å². The largest absolute Gasteiger partial charge is 0.478 e. The van der Waals surface area contributed by atoms with Gasteiger partial charge in [0.05, 0.1) is 5.02 Å². The summed E-state index contributed by atoms with van der Waals surface area (Å²) in [6.07, 6.45) is -1.13. The van der Waals surface area contributed by atoms with E-state index in [2.05, 4.69) is 0 Å². The molecule has 0 aliphatic rings. The van der Waals surface area contributed by atoms with Crippen molar-refractivity contribution in [3.05, 3.63) is 59.4 Å². The molecule has 24 heavy (non-hydrogen) atoms. The molecular formula is C15H14ClFN2O4S. The minimum absolute atomic E-state index is 0.00917. The van der Waals surface area contributed by atoms with Crippen LogP contribution in [0.1, 0.15) is 6.92 Å². The van der Waals surface area contributed by atoms with Crippen LogP contribution in [0.15, 0.2) is 53.4 Å². The molecule has 128 valence electrons.